The molecular weight excluding hydrogens is 252 g/mol. The van der Waals surface area contributed by atoms with Crippen LogP contribution in [0.2, 0.25) is 10.2 Å². The average Bonchev–Trinajstić information content (AvgIpc) is 2.25. The molecule has 0 aliphatic rings. The van der Waals surface area contributed by atoms with E-state index in [4.69, 9.17) is 27.9 Å². The highest BCUT2D eigenvalue weighted by Crippen LogP contribution is 2.28. The number of hydrogen-bond donors (Lipinski definition) is 0. The summed E-state index contributed by atoms with van der Waals surface area (Å²) in [7, 11) is 0. The summed E-state index contributed by atoms with van der Waals surface area (Å²) in [5, 5.41) is 0.277. The second kappa shape index (κ2) is 4.68. The first kappa shape index (κ1) is 11.2. The van der Waals surface area contributed by atoms with Crippen LogP contribution in [0.5, 0.6) is 11.6 Å². The normalized spacial score (nSPS) is 10.2. The van der Waals surface area contributed by atoms with Crippen LogP contribution in [0.25, 0.3) is 0 Å². The quantitative estimate of drug-likeness (QED) is 0.748. The van der Waals surface area contributed by atoms with Crippen molar-refractivity contribution in [3.63, 3.8) is 0 Å². The molecule has 0 saturated carbocycles. The molecule has 0 unspecified atom stereocenters. The zero-order chi connectivity index (χ0) is 11.5. The fourth-order valence-corrected chi connectivity index (χ4v) is 1.44. The third-order valence-corrected chi connectivity index (χ3v) is 2.32. The molecule has 2 nitrogen and oxygen atoms in total. The van der Waals surface area contributed by atoms with E-state index >= 15 is 0 Å². The average molecular weight is 258 g/mol. The molecule has 0 spiro atoms. The van der Waals surface area contributed by atoms with Crippen molar-refractivity contribution in [2.75, 3.05) is 0 Å². The smallest absolute Gasteiger partial charge is 0.220 e. The molecule has 0 radical (unpaired) electrons. The van der Waals surface area contributed by atoms with Gasteiger partial charge in [0.05, 0.1) is 5.02 Å². The van der Waals surface area contributed by atoms with Gasteiger partial charge in [0.15, 0.2) is 11.6 Å². The predicted molar refractivity (Wildman–Crippen MR) is 60.7 cm³/mol. The molecule has 2 aromatic rings. The molecule has 1 heterocycles. The van der Waals surface area contributed by atoms with Crippen molar-refractivity contribution in [1.82, 2.24) is 4.98 Å². The van der Waals surface area contributed by atoms with Crippen LogP contribution in [0.3, 0.4) is 0 Å². The highest BCUT2D eigenvalue weighted by Gasteiger charge is 2.08. The van der Waals surface area contributed by atoms with Crippen molar-refractivity contribution in [3.8, 4) is 11.6 Å². The van der Waals surface area contributed by atoms with E-state index in [1.165, 1.54) is 12.1 Å². The summed E-state index contributed by atoms with van der Waals surface area (Å²) in [6.07, 6.45) is 0. The molecule has 0 bridgehead atoms. The summed E-state index contributed by atoms with van der Waals surface area (Å²) >= 11 is 11.3. The molecule has 0 amide bonds. The molecule has 5 heteroatoms. The van der Waals surface area contributed by atoms with Crippen molar-refractivity contribution in [3.05, 3.63) is 52.4 Å². The zero-order valence-electron chi connectivity index (χ0n) is 7.95. The summed E-state index contributed by atoms with van der Waals surface area (Å²) in [6.45, 7) is 0. The lowest BCUT2D eigenvalue weighted by Crippen LogP contribution is -1.91. The minimum atomic E-state index is -0.619. The lowest BCUT2D eigenvalue weighted by atomic mass is 10.3. The molecule has 0 saturated heterocycles. The molecule has 82 valence electrons. The molecular formula is C11H6Cl2FNO. The largest absolute Gasteiger partial charge is 0.436 e. The third-order valence-electron chi connectivity index (χ3n) is 1.82. The van der Waals surface area contributed by atoms with E-state index in [9.17, 15) is 4.39 Å². The van der Waals surface area contributed by atoms with Gasteiger partial charge >= 0.3 is 0 Å². The monoisotopic (exact) mass is 257 g/mol. The van der Waals surface area contributed by atoms with Gasteiger partial charge in [-0.1, -0.05) is 35.3 Å². The van der Waals surface area contributed by atoms with Gasteiger partial charge < -0.3 is 4.74 Å². The van der Waals surface area contributed by atoms with Crippen LogP contribution in [0.15, 0.2) is 36.4 Å². The highest BCUT2D eigenvalue weighted by atomic mass is 35.5. The number of rotatable bonds is 2. The van der Waals surface area contributed by atoms with Gasteiger partial charge in [0.25, 0.3) is 0 Å². The number of benzene rings is 1. The second-order valence-electron chi connectivity index (χ2n) is 2.95. The molecule has 0 aliphatic heterocycles. The molecule has 1 aromatic carbocycles. The summed E-state index contributed by atoms with van der Waals surface area (Å²) in [5.41, 5.74) is 0. The van der Waals surface area contributed by atoms with E-state index in [1.807, 2.05) is 0 Å². The summed E-state index contributed by atoms with van der Waals surface area (Å²) in [6, 6.07) is 9.33. The first-order valence-electron chi connectivity index (χ1n) is 4.41. The molecule has 1 aromatic heterocycles. The van der Waals surface area contributed by atoms with E-state index in [1.54, 1.807) is 24.3 Å². The predicted octanol–water partition coefficient (Wildman–Crippen LogP) is 4.32. The summed E-state index contributed by atoms with van der Waals surface area (Å²) in [5.74, 6) is -0.387. The zero-order valence-corrected chi connectivity index (χ0v) is 9.47. The van der Waals surface area contributed by atoms with Gasteiger partial charge in [-0.15, -0.1) is 0 Å². The molecule has 0 aliphatic carbocycles. The minimum Gasteiger partial charge on any atom is -0.436 e. The van der Waals surface area contributed by atoms with Gasteiger partial charge in [-0.25, -0.2) is 9.37 Å². The SMILES string of the molecule is Fc1c(Cl)cccc1Oc1cccc(Cl)n1. The fraction of sp³-hybridized carbons (Fsp3) is 0. The Hall–Kier alpha value is -1.32. The number of halogens is 3. The Labute approximate surface area is 102 Å². The van der Waals surface area contributed by atoms with Gasteiger partial charge in [-0.2, -0.15) is 0 Å². The Balaban J connectivity index is 2.31. The van der Waals surface area contributed by atoms with Crippen LogP contribution in [0, 0.1) is 5.82 Å². The Kier molecular flexibility index (Phi) is 3.27. The van der Waals surface area contributed by atoms with E-state index in [0.29, 0.717) is 0 Å². The van der Waals surface area contributed by atoms with Crippen LogP contribution in [0.4, 0.5) is 4.39 Å². The van der Waals surface area contributed by atoms with Gasteiger partial charge in [-0.05, 0) is 18.2 Å². The molecule has 0 atom stereocenters. The number of nitrogens with zero attached hydrogens (tertiary/aromatic N) is 1. The lowest BCUT2D eigenvalue weighted by Gasteiger charge is -2.06. The second-order valence-corrected chi connectivity index (χ2v) is 3.75. The van der Waals surface area contributed by atoms with E-state index in [0.717, 1.165) is 0 Å². The summed E-state index contributed by atoms with van der Waals surface area (Å²) in [4.78, 5) is 3.87. The standard InChI is InChI=1S/C11H6Cl2FNO/c12-7-3-1-4-8(11(7)14)16-10-6-2-5-9(13)15-10/h1-6H. The third kappa shape index (κ3) is 2.43. The van der Waals surface area contributed by atoms with Crippen LogP contribution >= 0.6 is 23.2 Å². The van der Waals surface area contributed by atoms with Gasteiger partial charge in [-0.3, -0.25) is 0 Å². The number of ether oxygens (including phenoxy) is 1. The summed E-state index contributed by atoms with van der Waals surface area (Å²) < 4.78 is 18.7. The highest BCUT2D eigenvalue weighted by molar-refractivity contribution is 6.30. The molecule has 2 rings (SSSR count). The van der Waals surface area contributed by atoms with Crippen LogP contribution < -0.4 is 4.74 Å². The fourth-order valence-electron chi connectivity index (χ4n) is 1.12. The molecule has 0 fully saturated rings. The van der Waals surface area contributed by atoms with Crippen molar-refractivity contribution >= 4 is 23.2 Å². The topological polar surface area (TPSA) is 22.1 Å². The minimum absolute atomic E-state index is 0.000437. The van der Waals surface area contributed by atoms with Crippen molar-refractivity contribution in [1.29, 1.82) is 0 Å². The van der Waals surface area contributed by atoms with Gasteiger partial charge in [0, 0.05) is 6.07 Å². The molecule has 16 heavy (non-hydrogen) atoms. The van der Waals surface area contributed by atoms with Crippen molar-refractivity contribution in [2.45, 2.75) is 0 Å². The maximum Gasteiger partial charge on any atom is 0.220 e. The lowest BCUT2D eigenvalue weighted by molar-refractivity contribution is 0.428. The van der Waals surface area contributed by atoms with Crippen molar-refractivity contribution < 1.29 is 9.13 Å². The van der Waals surface area contributed by atoms with Crippen molar-refractivity contribution in [2.24, 2.45) is 0 Å². The number of aromatic nitrogens is 1. The van der Waals surface area contributed by atoms with Gasteiger partial charge in [0.2, 0.25) is 5.88 Å². The van der Waals surface area contributed by atoms with Crippen LogP contribution in [-0.4, -0.2) is 4.98 Å². The number of pyridine rings is 1. The van der Waals surface area contributed by atoms with Crippen LogP contribution in [-0.2, 0) is 0 Å². The Morgan fingerprint density at radius 1 is 1.06 bits per heavy atom. The Bertz CT molecular complexity index is 519. The Morgan fingerprint density at radius 3 is 2.56 bits per heavy atom. The Morgan fingerprint density at radius 2 is 1.81 bits per heavy atom. The van der Waals surface area contributed by atoms with E-state index in [-0.39, 0.29) is 21.8 Å². The first-order chi connectivity index (χ1) is 7.66. The van der Waals surface area contributed by atoms with E-state index < -0.39 is 5.82 Å². The van der Waals surface area contributed by atoms with Crippen LogP contribution in [0.1, 0.15) is 0 Å². The van der Waals surface area contributed by atoms with E-state index in [2.05, 4.69) is 4.98 Å². The maximum absolute atomic E-state index is 13.5. The molecule has 0 N–H and O–H groups in total. The maximum atomic E-state index is 13.5. The number of hydrogen-bond acceptors (Lipinski definition) is 2. The first-order valence-corrected chi connectivity index (χ1v) is 5.17. The van der Waals surface area contributed by atoms with Gasteiger partial charge in [0.1, 0.15) is 5.15 Å².